The maximum Gasteiger partial charge on any atom is 0.251 e. The zero-order valence-corrected chi connectivity index (χ0v) is 24.4. The van der Waals surface area contributed by atoms with Gasteiger partial charge >= 0.3 is 0 Å². The standard InChI is InChI=1S/C23H26ClN3O5.4H2S/c24-15-10-27(20-17(28)11-32-21(15)20)23(31)19(12-4-2-1-3-5-12)26-22(30)13-6-7-16-14(8-13)9-18(29)25-16;;;;/h6-8,12,15,19-21H,1-5,9-11H2,(H,25,29)(H,26,30);4*1H2/t15-,19-,20+,21+;;;;/m0..../s1. The van der Waals surface area contributed by atoms with Crippen LogP contribution in [0.25, 0.3) is 0 Å². The molecule has 36 heavy (non-hydrogen) atoms. The molecule has 0 aromatic heterocycles. The molecule has 1 aliphatic carbocycles. The third kappa shape index (κ3) is 6.32. The van der Waals surface area contributed by atoms with Crippen molar-refractivity contribution in [1.29, 1.82) is 0 Å². The highest BCUT2D eigenvalue weighted by atomic mass is 35.5. The first-order valence-corrected chi connectivity index (χ1v) is 11.7. The summed E-state index contributed by atoms with van der Waals surface area (Å²) in [6.45, 7) is 0.192. The zero-order valence-electron chi connectivity index (χ0n) is 19.6. The Morgan fingerprint density at radius 3 is 2.47 bits per heavy atom. The first-order chi connectivity index (χ1) is 15.4. The molecule has 3 aliphatic heterocycles. The van der Waals surface area contributed by atoms with Crippen molar-refractivity contribution >= 4 is 94.8 Å². The molecule has 1 aromatic rings. The third-order valence-electron chi connectivity index (χ3n) is 7.07. The minimum Gasteiger partial charge on any atom is -0.366 e. The number of ketones is 1. The van der Waals surface area contributed by atoms with Crippen molar-refractivity contribution in [2.24, 2.45) is 5.92 Å². The summed E-state index contributed by atoms with van der Waals surface area (Å²) in [7, 11) is 0. The molecule has 2 saturated heterocycles. The molecule has 0 radical (unpaired) electrons. The number of carbonyl (C=O) groups is 4. The quantitative estimate of drug-likeness (QED) is 0.519. The maximum absolute atomic E-state index is 13.7. The average Bonchev–Trinajstić information content (AvgIpc) is 3.46. The first-order valence-electron chi connectivity index (χ1n) is 11.2. The van der Waals surface area contributed by atoms with E-state index in [1.807, 2.05) is 0 Å². The predicted octanol–water partition coefficient (Wildman–Crippen LogP) is 2.10. The van der Waals surface area contributed by atoms with Crippen molar-refractivity contribution in [3.63, 3.8) is 0 Å². The summed E-state index contributed by atoms with van der Waals surface area (Å²) in [6.07, 6.45) is 4.55. The molecule has 3 heterocycles. The number of nitrogens with one attached hydrogen (secondary N) is 2. The van der Waals surface area contributed by atoms with Crippen LogP contribution >= 0.6 is 65.6 Å². The number of anilines is 1. The van der Waals surface area contributed by atoms with Gasteiger partial charge in [0, 0.05) is 17.8 Å². The lowest BCUT2D eigenvalue weighted by atomic mass is 9.83. The topological polar surface area (TPSA) is 105 Å². The Balaban J connectivity index is 0.00000162. The van der Waals surface area contributed by atoms with Gasteiger partial charge in [-0.1, -0.05) is 19.3 Å². The number of halogens is 1. The number of Topliss-reactive ketones (excluding diaryl/α,β-unsaturated/α-hetero) is 1. The van der Waals surface area contributed by atoms with E-state index < -0.39 is 23.6 Å². The van der Waals surface area contributed by atoms with Crippen LogP contribution in [0.5, 0.6) is 0 Å². The number of hydrogen-bond donors (Lipinski definition) is 2. The summed E-state index contributed by atoms with van der Waals surface area (Å²) in [5.41, 5.74) is 1.88. The number of rotatable bonds is 4. The summed E-state index contributed by atoms with van der Waals surface area (Å²) in [4.78, 5) is 52.4. The van der Waals surface area contributed by atoms with Crippen LogP contribution in [0, 0.1) is 5.92 Å². The van der Waals surface area contributed by atoms with Gasteiger partial charge in [-0.2, -0.15) is 54.0 Å². The highest BCUT2D eigenvalue weighted by molar-refractivity contribution is 7.59. The highest BCUT2D eigenvalue weighted by Gasteiger charge is 2.53. The van der Waals surface area contributed by atoms with Crippen LogP contribution in [-0.4, -0.2) is 65.1 Å². The first kappa shape index (κ1) is 33.0. The Morgan fingerprint density at radius 2 is 1.78 bits per heavy atom. The number of ether oxygens (including phenoxy) is 1. The number of alkyl halides is 1. The summed E-state index contributed by atoms with van der Waals surface area (Å²) in [5.74, 6) is -0.863. The number of amides is 3. The van der Waals surface area contributed by atoms with Crippen LogP contribution in [-0.2, 0) is 25.5 Å². The van der Waals surface area contributed by atoms with Crippen LogP contribution in [0.4, 0.5) is 5.69 Å². The molecule has 13 heteroatoms. The van der Waals surface area contributed by atoms with E-state index in [1.54, 1.807) is 18.2 Å². The van der Waals surface area contributed by atoms with Crippen LogP contribution in [0.2, 0.25) is 0 Å². The van der Waals surface area contributed by atoms with Gasteiger partial charge in [-0.3, -0.25) is 19.2 Å². The second-order valence-corrected chi connectivity index (χ2v) is 9.70. The lowest BCUT2D eigenvalue weighted by Crippen LogP contribution is -2.55. The van der Waals surface area contributed by atoms with Crippen molar-refractivity contribution < 1.29 is 23.9 Å². The zero-order chi connectivity index (χ0) is 22.4. The molecule has 4 aliphatic rings. The van der Waals surface area contributed by atoms with E-state index in [4.69, 9.17) is 16.3 Å². The largest absolute Gasteiger partial charge is 0.366 e. The van der Waals surface area contributed by atoms with Gasteiger partial charge in [-0.05, 0) is 42.5 Å². The number of fused-ring (bicyclic) bond motifs is 2. The van der Waals surface area contributed by atoms with Crippen molar-refractivity contribution in [3.05, 3.63) is 29.3 Å². The van der Waals surface area contributed by atoms with Gasteiger partial charge in [0.05, 0.1) is 11.8 Å². The van der Waals surface area contributed by atoms with E-state index in [1.165, 1.54) is 4.90 Å². The summed E-state index contributed by atoms with van der Waals surface area (Å²) in [5, 5.41) is 5.27. The van der Waals surface area contributed by atoms with Crippen LogP contribution in [0.3, 0.4) is 0 Å². The second kappa shape index (κ2) is 13.7. The van der Waals surface area contributed by atoms with E-state index in [0.717, 1.165) is 37.7 Å². The monoisotopic (exact) mass is 595 g/mol. The molecule has 3 fully saturated rings. The molecule has 2 N–H and O–H groups in total. The van der Waals surface area contributed by atoms with Gasteiger partial charge in [0.15, 0.2) is 5.78 Å². The van der Waals surface area contributed by atoms with Crippen LogP contribution in [0.15, 0.2) is 18.2 Å². The lowest BCUT2D eigenvalue weighted by Gasteiger charge is -2.34. The fourth-order valence-corrected chi connectivity index (χ4v) is 5.81. The normalized spacial score (nSPS) is 25.1. The van der Waals surface area contributed by atoms with E-state index in [0.29, 0.717) is 11.3 Å². The van der Waals surface area contributed by atoms with Gasteiger partial charge in [-0.15, -0.1) is 11.6 Å². The molecule has 0 unspecified atom stereocenters. The smallest absolute Gasteiger partial charge is 0.251 e. The fraction of sp³-hybridized carbons (Fsp3) is 0.565. The number of likely N-dealkylation sites (tertiary alicyclic amines) is 1. The van der Waals surface area contributed by atoms with Crippen molar-refractivity contribution in [2.75, 3.05) is 18.5 Å². The summed E-state index contributed by atoms with van der Waals surface area (Å²) in [6, 6.07) is 3.65. The van der Waals surface area contributed by atoms with E-state index >= 15 is 0 Å². The molecule has 4 atom stereocenters. The molecule has 0 bridgehead atoms. The van der Waals surface area contributed by atoms with Crippen LogP contribution in [0.1, 0.15) is 48.0 Å². The molecular formula is C23H34ClN3O5S4. The number of benzene rings is 1. The molecule has 0 spiro atoms. The molecule has 8 nitrogen and oxygen atoms in total. The van der Waals surface area contributed by atoms with Crippen molar-refractivity contribution in [2.45, 2.75) is 62.1 Å². The Labute approximate surface area is 243 Å². The number of hydrogen-bond acceptors (Lipinski definition) is 5. The van der Waals surface area contributed by atoms with Gasteiger partial charge in [0.1, 0.15) is 24.8 Å². The molecule has 202 valence electrons. The fourth-order valence-electron chi connectivity index (χ4n) is 5.45. The minimum absolute atomic E-state index is 0. The number of nitrogens with zero attached hydrogens (tertiary/aromatic N) is 1. The Bertz CT molecular complexity index is 994. The Hall–Kier alpha value is -1.05. The van der Waals surface area contributed by atoms with E-state index in [9.17, 15) is 19.2 Å². The summed E-state index contributed by atoms with van der Waals surface area (Å²) < 4.78 is 5.51. The van der Waals surface area contributed by atoms with Gasteiger partial charge in [0.2, 0.25) is 11.8 Å². The number of carbonyl (C=O) groups excluding carboxylic acids is 4. The van der Waals surface area contributed by atoms with Gasteiger partial charge < -0.3 is 20.3 Å². The highest BCUT2D eigenvalue weighted by Crippen LogP contribution is 2.34. The van der Waals surface area contributed by atoms with E-state index in [2.05, 4.69) is 10.6 Å². The van der Waals surface area contributed by atoms with Crippen molar-refractivity contribution in [1.82, 2.24) is 10.2 Å². The van der Waals surface area contributed by atoms with Gasteiger partial charge in [0.25, 0.3) is 5.91 Å². The Morgan fingerprint density at radius 1 is 1.08 bits per heavy atom. The Kier molecular flexibility index (Phi) is 12.5. The van der Waals surface area contributed by atoms with E-state index in [-0.39, 0.29) is 103 Å². The lowest BCUT2D eigenvalue weighted by molar-refractivity contribution is -0.139. The maximum atomic E-state index is 13.7. The molecule has 1 aromatic carbocycles. The second-order valence-electron chi connectivity index (χ2n) is 9.14. The molecule has 5 rings (SSSR count). The van der Waals surface area contributed by atoms with Gasteiger partial charge in [-0.25, -0.2) is 0 Å². The average molecular weight is 596 g/mol. The third-order valence-corrected chi connectivity index (χ3v) is 7.46. The molecule has 3 amide bonds. The predicted molar refractivity (Wildman–Crippen MR) is 158 cm³/mol. The van der Waals surface area contributed by atoms with Crippen molar-refractivity contribution in [3.8, 4) is 0 Å². The minimum atomic E-state index is -0.730. The molecule has 1 saturated carbocycles. The SMILES string of the molecule is O=C1Cc2cc(C(=O)N[C@H](C(=O)N3C[C@H](Cl)[C@H]4OCC(=O)[C@H]43)C3CCCCC3)ccc2N1.S.S.S.S. The summed E-state index contributed by atoms with van der Waals surface area (Å²) >= 11 is 6.38. The molecular weight excluding hydrogens is 562 g/mol. The van der Waals surface area contributed by atoms with Crippen LogP contribution < -0.4 is 10.6 Å².